The molecule has 0 aliphatic carbocycles. The molecular weight excluding hydrogens is 247 g/mol. The summed E-state index contributed by atoms with van der Waals surface area (Å²) in [6.07, 6.45) is 3.97. The van der Waals surface area contributed by atoms with Crippen LogP contribution in [0.2, 0.25) is 0 Å². The van der Waals surface area contributed by atoms with Gasteiger partial charge in [0.2, 0.25) is 5.95 Å². The molecule has 5 nitrogen and oxygen atoms in total. The van der Waals surface area contributed by atoms with Gasteiger partial charge in [-0.15, -0.1) is 0 Å². The second-order valence-electron chi connectivity index (χ2n) is 3.87. The Labute approximate surface area is 110 Å². The van der Waals surface area contributed by atoms with Crippen molar-refractivity contribution in [3.8, 4) is 11.5 Å². The number of hydrogen-bond donors (Lipinski definition) is 2. The molecule has 1 aromatic carbocycles. The lowest BCUT2D eigenvalue weighted by Crippen LogP contribution is -2.10. The Morgan fingerprint density at radius 2 is 1.79 bits per heavy atom. The van der Waals surface area contributed by atoms with Gasteiger partial charge in [0.1, 0.15) is 11.6 Å². The number of aromatic nitrogens is 2. The van der Waals surface area contributed by atoms with E-state index in [4.69, 9.17) is 10.5 Å². The Hall–Kier alpha value is -2.21. The van der Waals surface area contributed by atoms with E-state index in [0.717, 1.165) is 13.0 Å². The second kappa shape index (κ2) is 6.65. The molecule has 0 spiro atoms. The molecule has 0 unspecified atom stereocenters. The van der Waals surface area contributed by atoms with Crippen LogP contribution in [0.25, 0.3) is 0 Å². The monoisotopic (exact) mass is 262 g/mol. The molecule has 1 heterocycles. The van der Waals surface area contributed by atoms with Gasteiger partial charge >= 0.3 is 0 Å². The van der Waals surface area contributed by atoms with E-state index in [-0.39, 0.29) is 5.82 Å². The molecule has 0 bridgehead atoms. The van der Waals surface area contributed by atoms with Gasteiger partial charge in [-0.05, 0) is 37.2 Å². The molecule has 1 aromatic heterocycles. The van der Waals surface area contributed by atoms with Gasteiger partial charge in [0.05, 0.1) is 12.4 Å². The minimum Gasteiger partial charge on any atom is -0.454 e. The van der Waals surface area contributed by atoms with Crippen molar-refractivity contribution in [2.75, 3.05) is 18.4 Å². The molecule has 0 radical (unpaired) electrons. The van der Waals surface area contributed by atoms with Crippen LogP contribution in [-0.4, -0.2) is 23.1 Å². The summed E-state index contributed by atoms with van der Waals surface area (Å²) in [5, 5.41) is 3.04. The summed E-state index contributed by atoms with van der Waals surface area (Å²) in [7, 11) is 0. The zero-order chi connectivity index (χ0) is 13.5. The van der Waals surface area contributed by atoms with Crippen molar-refractivity contribution in [2.24, 2.45) is 5.73 Å². The molecule has 0 aliphatic rings. The zero-order valence-corrected chi connectivity index (χ0v) is 10.3. The molecular formula is C13H15FN4O. The van der Waals surface area contributed by atoms with Crippen LogP contribution in [0.1, 0.15) is 6.42 Å². The number of rotatable bonds is 6. The van der Waals surface area contributed by atoms with E-state index in [1.54, 1.807) is 24.5 Å². The van der Waals surface area contributed by atoms with Gasteiger partial charge in [0.25, 0.3) is 0 Å². The summed E-state index contributed by atoms with van der Waals surface area (Å²) in [5.41, 5.74) is 5.39. The summed E-state index contributed by atoms with van der Waals surface area (Å²) in [4.78, 5) is 8.20. The molecule has 2 rings (SSSR count). The lowest BCUT2D eigenvalue weighted by molar-refractivity contribution is 0.475. The lowest BCUT2D eigenvalue weighted by Gasteiger charge is -2.06. The van der Waals surface area contributed by atoms with E-state index in [1.165, 1.54) is 12.1 Å². The van der Waals surface area contributed by atoms with Crippen LogP contribution in [0.4, 0.5) is 10.3 Å². The lowest BCUT2D eigenvalue weighted by atomic mass is 10.3. The fraction of sp³-hybridized carbons (Fsp3) is 0.231. The first-order valence-electron chi connectivity index (χ1n) is 5.97. The Morgan fingerprint density at radius 1 is 1.11 bits per heavy atom. The highest BCUT2D eigenvalue weighted by Gasteiger charge is 2.00. The topological polar surface area (TPSA) is 73.1 Å². The standard InChI is InChI=1S/C13H15FN4O/c14-10-2-4-11(5-3-10)19-12-8-17-13(18-9-12)16-7-1-6-15/h2-5,8-9H,1,6-7,15H2,(H,16,17,18). The minimum absolute atomic E-state index is 0.303. The fourth-order valence-corrected chi connectivity index (χ4v) is 1.40. The van der Waals surface area contributed by atoms with Crippen molar-refractivity contribution in [3.63, 3.8) is 0 Å². The van der Waals surface area contributed by atoms with Crippen molar-refractivity contribution in [2.45, 2.75) is 6.42 Å². The van der Waals surface area contributed by atoms with Gasteiger partial charge in [0, 0.05) is 6.54 Å². The second-order valence-corrected chi connectivity index (χ2v) is 3.87. The number of hydrogen-bond acceptors (Lipinski definition) is 5. The van der Waals surface area contributed by atoms with E-state index >= 15 is 0 Å². The maximum absolute atomic E-state index is 12.7. The molecule has 19 heavy (non-hydrogen) atoms. The Bertz CT molecular complexity index is 501. The van der Waals surface area contributed by atoms with Crippen molar-refractivity contribution in [1.82, 2.24) is 9.97 Å². The highest BCUT2D eigenvalue weighted by atomic mass is 19.1. The van der Waals surface area contributed by atoms with Crippen LogP contribution >= 0.6 is 0 Å². The summed E-state index contributed by atoms with van der Waals surface area (Å²) in [6.45, 7) is 1.35. The minimum atomic E-state index is -0.303. The van der Waals surface area contributed by atoms with Crippen LogP contribution in [-0.2, 0) is 0 Å². The quantitative estimate of drug-likeness (QED) is 0.780. The molecule has 100 valence electrons. The number of ether oxygens (including phenoxy) is 1. The third-order valence-electron chi connectivity index (χ3n) is 2.34. The number of anilines is 1. The van der Waals surface area contributed by atoms with E-state index in [2.05, 4.69) is 15.3 Å². The van der Waals surface area contributed by atoms with Gasteiger partial charge < -0.3 is 15.8 Å². The van der Waals surface area contributed by atoms with Crippen molar-refractivity contribution >= 4 is 5.95 Å². The molecule has 0 fully saturated rings. The van der Waals surface area contributed by atoms with E-state index in [1.807, 2.05) is 0 Å². The third-order valence-corrected chi connectivity index (χ3v) is 2.34. The maximum Gasteiger partial charge on any atom is 0.222 e. The first-order valence-corrected chi connectivity index (χ1v) is 5.97. The van der Waals surface area contributed by atoms with E-state index < -0.39 is 0 Å². The number of nitrogens with two attached hydrogens (primary N) is 1. The van der Waals surface area contributed by atoms with Gasteiger partial charge in [-0.25, -0.2) is 14.4 Å². The predicted molar refractivity (Wildman–Crippen MR) is 70.7 cm³/mol. The molecule has 2 aromatic rings. The van der Waals surface area contributed by atoms with Crippen LogP contribution in [0.3, 0.4) is 0 Å². The van der Waals surface area contributed by atoms with Crippen molar-refractivity contribution in [1.29, 1.82) is 0 Å². The molecule has 3 N–H and O–H groups in total. The average molecular weight is 262 g/mol. The van der Waals surface area contributed by atoms with Crippen LogP contribution in [0.5, 0.6) is 11.5 Å². The zero-order valence-electron chi connectivity index (χ0n) is 10.3. The smallest absolute Gasteiger partial charge is 0.222 e. The highest BCUT2D eigenvalue weighted by molar-refractivity contribution is 5.31. The van der Waals surface area contributed by atoms with Gasteiger partial charge in [0.15, 0.2) is 5.75 Å². The van der Waals surface area contributed by atoms with Gasteiger partial charge in [-0.3, -0.25) is 0 Å². The first-order chi connectivity index (χ1) is 9.28. The van der Waals surface area contributed by atoms with Crippen molar-refractivity contribution in [3.05, 3.63) is 42.5 Å². The number of nitrogens with one attached hydrogen (secondary N) is 1. The molecule has 0 atom stereocenters. The van der Waals surface area contributed by atoms with Crippen LogP contribution in [0, 0.1) is 5.82 Å². The number of benzene rings is 1. The van der Waals surface area contributed by atoms with Crippen LogP contribution in [0.15, 0.2) is 36.7 Å². The fourth-order valence-electron chi connectivity index (χ4n) is 1.40. The molecule has 0 saturated carbocycles. The molecule has 0 amide bonds. The Kier molecular flexibility index (Phi) is 4.63. The summed E-state index contributed by atoms with van der Waals surface area (Å²) in [5.74, 6) is 1.26. The number of nitrogens with zero attached hydrogens (tertiary/aromatic N) is 2. The van der Waals surface area contributed by atoms with E-state index in [9.17, 15) is 4.39 Å². The molecule has 0 saturated heterocycles. The predicted octanol–water partition coefficient (Wildman–Crippen LogP) is 2.17. The first kappa shape index (κ1) is 13.2. The van der Waals surface area contributed by atoms with E-state index in [0.29, 0.717) is 24.0 Å². The third kappa shape index (κ3) is 4.18. The molecule has 6 heteroatoms. The average Bonchev–Trinajstić information content (AvgIpc) is 2.44. The van der Waals surface area contributed by atoms with Crippen LogP contribution < -0.4 is 15.8 Å². The molecule has 0 aliphatic heterocycles. The highest BCUT2D eigenvalue weighted by Crippen LogP contribution is 2.20. The Morgan fingerprint density at radius 3 is 2.42 bits per heavy atom. The maximum atomic E-state index is 12.7. The van der Waals surface area contributed by atoms with Gasteiger partial charge in [-0.1, -0.05) is 0 Å². The summed E-state index contributed by atoms with van der Waals surface area (Å²) >= 11 is 0. The number of halogens is 1. The summed E-state index contributed by atoms with van der Waals surface area (Å²) < 4.78 is 18.2. The SMILES string of the molecule is NCCCNc1ncc(Oc2ccc(F)cc2)cn1. The largest absolute Gasteiger partial charge is 0.454 e. The van der Waals surface area contributed by atoms with Crippen molar-refractivity contribution < 1.29 is 9.13 Å². The summed E-state index contributed by atoms with van der Waals surface area (Å²) in [6, 6.07) is 5.75. The Balaban J connectivity index is 1.92. The van der Waals surface area contributed by atoms with Gasteiger partial charge in [-0.2, -0.15) is 0 Å². The normalized spacial score (nSPS) is 10.2.